The summed E-state index contributed by atoms with van der Waals surface area (Å²) >= 11 is 0. The van der Waals surface area contributed by atoms with Gasteiger partial charge in [-0.25, -0.2) is 0 Å². The third-order valence-electron chi connectivity index (χ3n) is 4.12. The molecule has 0 bridgehead atoms. The molecule has 0 spiro atoms. The number of amides is 1. The molecule has 21 heavy (non-hydrogen) atoms. The maximum atomic E-state index is 12.4. The highest BCUT2D eigenvalue weighted by Gasteiger charge is 2.18. The standard InChI is InChI=1S/C18H15NO2/c20-18(19-11-14-4-2-10-21-14)16-9-8-13-7-6-12-3-1-5-15(16)17(12)13/h1-5,8-10H,6-7,11H2,(H,19,20). The molecule has 0 aliphatic heterocycles. The van der Waals surface area contributed by atoms with Crippen LogP contribution in [-0.2, 0) is 19.4 Å². The number of benzene rings is 2. The quantitative estimate of drug-likeness (QED) is 0.796. The lowest BCUT2D eigenvalue weighted by Gasteiger charge is -2.09. The summed E-state index contributed by atoms with van der Waals surface area (Å²) in [7, 11) is 0. The van der Waals surface area contributed by atoms with E-state index in [9.17, 15) is 4.79 Å². The number of rotatable bonds is 3. The lowest BCUT2D eigenvalue weighted by Crippen LogP contribution is -2.22. The van der Waals surface area contributed by atoms with Crippen LogP contribution in [0.25, 0.3) is 10.8 Å². The monoisotopic (exact) mass is 277 g/mol. The number of furan rings is 1. The van der Waals surface area contributed by atoms with Crippen molar-refractivity contribution in [3.8, 4) is 0 Å². The van der Waals surface area contributed by atoms with E-state index in [1.54, 1.807) is 6.26 Å². The molecule has 2 aromatic carbocycles. The van der Waals surface area contributed by atoms with Crippen LogP contribution in [0.1, 0.15) is 27.2 Å². The zero-order valence-corrected chi connectivity index (χ0v) is 11.6. The molecule has 1 N–H and O–H groups in total. The van der Waals surface area contributed by atoms with Crippen LogP contribution in [0.3, 0.4) is 0 Å². The van der Waals surface area contributed by atoms with Crippen LogP contribution in [0.5, 0.6) is 0 Å². The first-order valence-corrected chi connectivity index (χ1v) is 7.17. The average Bonchev–Trinajstić information content (AvgIpc) is 3.16. The van der Waals surface area contributed by atoms with Gasteiger partial charge in [0, 0.05) is 5.56 Å². The van der Waals surface area contributed by atoms with Gasteiger partial charge in [0.1, 0.15) is 5.76 Å². The Labute approximate surface area is 122 Å². The highest BCUT2D eigenvalue weighted by Crippen LogP contribution is 2.32. The van der Waals surface area contributed by atoms with Gasteiger partial charge >= 0.3 is 0 Å². The lowest BCUT2D eigenvalue weighted by molar-refractivity contribution is 0.0949. The number of hydrogen-bond acceptors (Lipinski definition) is 2. The predicted molar refractivity (Wildman–Crippen MR) is 81.2 cm³/mol. The van der Waals surface area contributed by atoms with Gasteiger partial charge in [-0.05, 0) is 52.9 Å². The molecule has 1 heterocycles. The highest BCUT2D eigenvalue weighted by molar-refractivity contribution is 6.09. The third kappa shape index (κ3) is 2.02. The summed E-state index contributed by atoms with van der Waals surface area (Å²) in [5, 5.41) is 5.24. The smallest absolute Gasteiger partial charge is 0.252 e. The zero-order chi connectivity index (χ0) is 14.2. The molecular formula is C18H15NO2. The molecule has 0 atom stereocenters. The minimum absolute atomic E-state index is 0.0537. The topological polar surface area (TPSA) is 42.2 Å². The first-order valence-electron chi connectivity index (χ1n) is 7.17. The molecule has 0 radical (unpaired) electrons. The molecule has 0 fully saturated rings. The fourth-order valence-corrected chi connectivity index (χ4v) is 3.12. The minimum Gasteiger partial charge on any atom is -0.467 e. The van der Waals surface area contributed by atoms with Crippen LogP contribution in [0.4, 0.5) is 0 Å². The van der Waals surface area contributed by atoms with E-state index in [0.29, 0.717) is 6.54 Å². The van der Waals surface area contributed by atoms with Gasteiger partial charge < -0.3 is 9.73 Å². The molecular weight excluding hydrogens is 262 g/mol. The largest absolute Gasteiger partial charge is 0.467 e. The maximum absolute atomic E-state index is 12.4. The van der Waals surface area contributed by atoms with Crippen molar-refractivity contribution in [2.24, 2.45) is 0 Å². The van der Waals surface area contributed by atoms with Gasteiger partial charge in [-0.3, -0.25) is 4.79 Å². The lowest BCUT2D eigenvalue weighted by atomic mass is 9.99. The van der Waals surface area contributed by atoms with E-state index in [4.69, 9.17) is 4.42 Å². The van der Waals surface area contributed by atoms with E-state index in [1.165, 1.54) is 16.5 Å². The molecule has 3 nitrogen and oxygen atoms in total. The van der Waals surface area contributed by atoms with Crippen molar-refractivity contribution in [3.63, 3.8) is 0 Å². The fraction of sp³-hybridized carbons (Fsp3) is 0.167. The highest BCUT2D eigenvalue weighted by atomic mass is 16.3. The van der Waals surface area contributed by atoms with Crippen LogP contribution in [-0.4, -0.2) is 5.91 Å². The average molecular weight is 277 g/mol. The molecule has 3 heteroatoms. The van der Waals surface area contributed by atoms with E-state index < -0.39 is 0 Å². The van der Waals surface area contributed by atoms with Crippen LogP contribution in [0.15, 0.2) is 53.1 Å². The van der Waals surface area contributed by atoms with Crippen LogP contribution in [0, 0.1) is 0 Å². The normalized spacial score (nSPS) is 12.8. The first-order chi connectivity index (χ1) is 10.3. The summed E-state index contributed by atoms with van der Waals surface area (Å²) in [4.78, 5) is 12.4. The van der Waals surface area contributed by atoms with Crippen molar-refractivity contribution in [2.45, 2.75) is 19.4 Å². The second-order valence-corrected chi connectivity index (χ2v) is 5.37. The van der Waals surface area contributed by atoms with Crippen LogP contribution in [0.2, 0.25) is 0 Å². The van der Waals surface area contributed by atoms with Crippen molar-refractivity contribution in [3.05, 3.63) is 71.2 Å². The van der Waals surface area contributed by atoms with Crippen molar-refractivity contribution in [1.29, 1.82) is 0 Å². The fourth-order valence-electron chi connectivity index (χ4n) is 3.12. The Morgan fingerprint density at radius 2 is 1.90 bits per heavy atom. The van der Waals surface area contributed by atoms with Crippen molar-refractivity contribution < 1.29 is 9.21 Å². The van der Waals surface area contributed by atoms with Gasteiger partial charge in [-0.15, -0.1) is 0 Å². The number of carbonyl (C=O) groups excluding carboxylic acids is 1. The Morgan fingerprint density at radius 3 is 2.71 bits per heavy atom. The summed E-state index contributed by atoms with van der Waals surface area (Å²) in [5.41, 5.74) is 3.44. The molecule has 104 valence electrons. The van der Waals surface area contributed by atoms with Gasteiger partial charge in [-0.1, -0.05) is 24.3 Å². The molecule has 1 aliphatic rings. The van der Waals surface area contributed by atoms with Crippen molar-refractivity contribution in [1.82, 2.24) is 5.32 Å². The third-order valence-corrected chi connectivity index (χ3v) is 4.12. The van der Waals surface area contributed by atoms with E-state index in [-0.39, 0.29) is 5.91 Å². The zero-order valence-electron chi connectivity index (χ0n) is 11.6. The van der Waals surface area contributed by atoms with Crippen molar-refractivity contribution >= 4 is 16.7 Å². The van der Waals surface area contributed by atoms with E-state index >= 15 is 0 Å². The van der Waals surface area contributed by atoms with Gasteiger partial charge in [0.25, 0.3) is 5.91 Å². The maximum Gasteiger partial charge on any atom is 0.252 e. The summed E-state index contributed by atoms with van der Waals surface area (Å²) in [6.07, 6.45) is 3.76. The summed E-state index contributed by atoms with van der Waals surface area (Å²) in [6, 6.07) is 13.9. The number of aryl methyl sites for hydroxylation is 2. The van der Waals surface area contributed by atoms with E-state index in [2.05, 4.69) is 17.4 Å². The second-order valence-electron chi connectivity index (χ2n) is 5.37. The Kier molecular flexibility index (Phi) is 2.78. The van der Waals surface area contributed by atoms with Gasteiger partial charge in [0.15, 0.2) is 0 Å². The minimum atomic E-state index is -0.0537. The predicted octanol–water partition coefficient (Wildman–Crippen LogP) is 3.46. The number of nitrogens with one attached hydrogen (secondary N) is 1. The van der Waals surface area contributed by atoms with E-state index in [0.717, 1.165) is 29.6 Å². The molecule has 1 aromatic heterocycles. The molecule has 1 aliphatic carbocycles. The Morgan fingerprint density at radius 1 is 1.05 bits per heavy atom. The Balaban J connectivity index is 1.69. The first kappa shape index (κ1) is 12.2. The molecule has 4 rings (SSSR count). The molecule has 0 saturated heterocycles. The van der Waals surface area contributed by atoms with Crippen LogP contribution < -0.4 is 5.32 Å². The SMILES string of the molecule is O=C(NCc1ccco1)c1ccc2c3c(cccc13)CC2. The Hall–Kier alpha value is -2.55. The molecule has 3 aromatic rings. The number of hydrogen-bond donors (Lipinski definition) is 1. The van der Waals surface area contributed by atoms with Crippen LogP contribution >= 0.6 is 0 Å². The van der Waals surface area contributed by atoms with E-state index in [1.807, 2.05) is 30.3 Å². The summed E-state index contributed by atoms with van der Waals surface area (Å²) in [6.45, 7) is 0.411. The van der Waals surface area contributed by atoms with Gasteiger partial charge in [0.2, 0.25) is 0 Å². The summed E-state index contributed by atoms with van der Waals surface area (Å²) < 4.78 is 5.24. The molecule has 0 unspecified atom stereocenters. The molecule has 0 saturated carbocycles. The Bertz CT molecular complexity index is 808. The number of carbonyl (C=O) groups is 1. The second kappa shape index (κ2) is 4.77. The summed E-state index contributed by atoms with van der Waals surface area (Å²) in [5.74, 6) is 0.705. The van der Waals surface area contributed by atoms with Gasteiger partial charge in [-0.2, -0.15) is 0 Å². The molecule has 1 amide bonds. The van der Waals surface area contributed by atoms with Gasteiger partial charge in [0.05, 0.1) is 12.8 Å². The van der Waals surface area contributed by atoms with Crippen molar-refractivity contribution in [2.75, 3.05) is 0 Å².